The van der Waals surface area contributed by atoms with Crippen molar-refractivity contribution >= 4 is 15.9 Å². The number of nitrogens with two attached hydrogens (primary N) is 1. The van der Waals surface area contributed by atoms with Gasteiger partial charge >= 0.3 is 0 Å². The normalized spacial score (nSPS) is 12.1. The van der Waals surface area contributed by atoms with Crippen LogP contribution in [0.5, 0.6) is 0 Å². The summed E-state index contributed by atoms with van der Waals surface area (Å²) in [5.74, 6) is 2.50. The highest BCUT2D eigenvalue weighted by molar-refractivity contribution is 9.10. The van der Waals surface area contributed by atoms with Gasteiger partial charge in [-0.15, -0.1) is 12.3 Å². The fourth-order valence-corrected chi connectivity index (χ4v) is 1.07. The molecule has 0 saturated carbocycles. The van der Waals surface area contributed by atoms with Crippen molar-refractivity contribution in [2.24, 2.45) is 5.73 Å². The topological polar surface area (TPSA) is 38.9 Å². The van der Waals surface area contributed by atoms with E-state index in [1.54, 1.807) is 6.20 Å². The van der Waals surface area contributed by atoms with Crippen LogP contribution < -0.4 is 5.73 Å². The van der Waals surface area contributed by atoms with Gasteiger partial charge in [-0.2, -0.15) is 0 Å². The number of hydrogen-bond donors (Lipinski definition) is 1. The molecule has 0 radical (unpaired) electrons. The number of terminal acetylenes is 1. The van der Waals surface area contributed by atoms with Crippen molar-refractivity contribution in [1.82, 2.24) is 4.98 Å². The van der Waals surface area contributed by atoms with E-state index in [9.17, 15) is 0 Å². The van der Waals surface area contributed by atoms with Crippen LogP contribution in [-0.2, 0) is 0 Å². The van der Waals surface area contributed by atoms with Crippen LogP contribution in [0.3, 0.4) is 0 Å². The van der Waals surface area contributed by atoms with Gasteiger partial charge in [-0.25, -0.2) is 0 Å². The van der Waals surface area contributed by atoms with E-state index >= 15 is 0 Å². The van der Waals surface area contributed by atoms with Crippen LogP contribution in [0.25, 0.3) is 0 Å². The quantitative estimate of drug-likeness (QED) is 0.780. The number of pyridine rings is 1. The number of halogens is 1. The zero-order valence-electron chi connectivity index (χ0n) is 6.50. The molecule has 0 saturated heterocycles. The van der Waals surface area contributed by atoms with Crippen LogP contribution in [0, 0.1) is 12.3 Å². The molecule has 0 aliphatic rings. The minimum atomic E-state index is -0.150. The maximum Gasteiger partial charge on any atom is 0.0581 e. The van der Waals surface area contributed by atoms with Gasteiger partial charge in [-0.3, -0.25) is 4.98 Å². The Kier molecular flexibility index (Phi) is 3.27. The van der Waals surface area contributed by atoms with Gasteiger partial charge < -0.3 is 5.73 Å². The summed E-state index contributed by atoms with van der Waals surface area (Å²) in [6, 6.07) is 3.62. The van der Waals surface area contributed by atoms with Gasteiger partial charge in [0.1, 0.15) is 0 Å². The maximum absolute atomic E-state index is 5.74. The second-order valence-electron chi connectivity index (χ2n) is 2.42. The third-order valence-electron chi connectivity index (χ3n) is 1.47. The number of hydrogen-bond acceptors (Lipinski definition) is 2. The Balaban J connectivity index is 2.76. The Bertz CT molecular complexity index is 286. The molecule has 0 fully saturated rings. The van der Waals surface area contributed by atoms with Crippen LogP contribution in [0.4, 0.5) is 0 Å². The first-order valence-corrected chi connectivity index (χ1v) is 4.34. The lowest BCUT2D eigenvalue weighted by Gasteiger charge is -2.06. The predicted octanol–water partition coefficient (Wildman–Crippen LogP) is 1.87. The van der Waals surface area contributed by atoms with Gasteiger partial charge in [-0.05, 0) is 28.1 Å². The van der Waals surface area contributed by atoms with E-state index in [4.69, 9.17) is 12.2 Å². The molecule has 3 heteroatoms. The molecule has 1 aromatic rings. The standard InChI is InChI=1S/C9H9BrN2/c1-2-3-8(11)9-5-4-7(10)6-12-9/h1,4-6,8H,3,11H2. The fourth-order valence-electron chi connectivity index (χ4n) is 0.838. The molecule has 12 heavy (non-hydrogen) atoms. The summed E-state index contributed by atoms with van der Waals surface area (Å²) in [6.45, 7) is 0. The van der Waals surface area contributed by atoms with Crippen molar-refractivity contribution in [2.75, 3.05) is 0 Å². The van der Waals surface area contributed by atoms with Crippen molar-refractivity contribution in [3.63, 3.8) is 0 Å². The summed E-state index contributed by atoms with van der Waals surface area (Å²) in [7, 11) is 0. The van der Waals surface area contributed by atoms with Crippen LogP contribution >= 0.6 is 15.9 Å². The minimum Gasteiger partial charge on any atom is -0.322 e. The first-order valence-electron chi connectivity index (χ1n) is 3.54. The molecule has 2 N–H and O–H groups in total. The van der Waals surface area contributed by atoms with E-state index in [1.807, 2.05) is 12.1 Å². The summed E-state index contributed by atoms with van der Waals surface area (Å²) in [5.41, 5.74) is 6.57. The Hall–Kier alpha value is -0.850. The molecule has 1 heterocycles. The third kappa shape index (κ3) is 2.33. The van der Waals surface area contributed by atoms with Gasteiger partial charge in [0.25, 0.3) is 0 Å². The first-order chi connectivity index (χ1) is 5.74. The molecular weight excluding hydrogens is 216 g/mol. The largest absolute Gasteiger partial charge is 0.322 e. The van der Waals surface area contributed by atoms with Gasteiger partial charge in [0, 0.05) is 17.1 Å². The molecule has 0 aliphatic heterocycles. The van der Waals surface area contributed by atoms with Crippen LogP contribution in [0.15, 0.2) is 22.8 Å². The van der Waals surface area contributed by atoms with E-state index in [0.29, 0.717) is 6.42 Å². The molecule has 0 amide bonds. The van der Waals surface area contributed by atoms with Crippen molar-refractivity contribution in [3.8, 4) is 12.3 Å². The molecule has 1 rings (SSSR count). The van der Waals surface area contributed by atoms with Crippen molar-refractivity contribution in [2.45, 2.75) is 12.5 Å². The van der Waals surface area contributed by atoms with E-state index in [2.05, 4.69) is 26.8 Å². The lowest BCUT2D eigenvalue weighted by molar-refractivity contribution is 0.724. The van der Waals surface area contributed by atoms with E-state index < -0.39 is 0 Å². The maximum atomic E-state index is 5.74. The Morgan fingerprint density at radius 2 is 2.42 bits per heavy atom. The molecule has 0 aliphatic carbocycles. The Labute approximate surface area is 80.3 Å². The highest BCUT2D eigenvalue weighted by Gasteiger charge is 2.04. The molecule has 0 bridgehead atoms. The van der Waals surface area contributed by atoms with Crippen LogP contribution in [0.1, 0.15) is 18.2 Å². The molecule has 0 aromatic carbocycles. The molecule has 62 valence electrons. The molecule has 1 aromatic heterocycles. The number of rotatable bonds is 2. The number of nitrogens with zero attached hydrogens (tertiary/aromatic N) is 1. The van der Waals surface area contributed by atoms with E-state index in [0.717, 1.165) is 10.2 Å². The summed E-state index contributed by atoms with van der Waals surface area (Å²) in [6.07, 6.45) is 7.37. The SMILES string of the molecule is C#CCC(N)c1ccc(Br)cn1. The predicted molar refractivity (Wildman–Crippen MR) is 52.3 cm³/mol. The van der Waals surface area contributed by atoms with Crippen molar-refractivity contribution in [3.05, 3.63) is 28.5 Å². The Morgan fingerprint density at radius 1 is 1.67 bits per heavy atom. The first kappa shape index (κ1) is 9.24. The average molecular weight is 225 g/mol. The van der Waals surface area contributed by atoms with E-state index in [1.165, 1.54) is 0 Å². The Morgan fingerprint density at radius 3 is 2.92 bits per heavy atom. The number of aromatic nitrogens is 1. The summed E-state index contributed by atoms with van der Waals surface area (Å²) in [4.78, 5) is 4.13. The molecule has 0 spiro atoms. The third-order valence-corrected chi connectivity index (χ3v) is 1.94. The van der Waals surface area contributed by atoms with Crippen molar-refractivity contribution < 1.29 is 0 Å². The minimum absolute atomic E-state index is 0.150. The zero-order chi connectivity index (χ0) is 8.97. The highest BCUT2D eigenvalue weighted by Crippen LogP contribution is 2.13. The van der Waals surface area contributed by atoms with Gasteiger partial charge in [0.15, 0.2) is 0 Å². The smallest absolute Gasteiger partial charge is 0.0581 e. The van der Waals surface area contributed by atoms with Gasteiger partial charge in [-0.1, -0.05) is 0 Å². The van der Waals surface area contributed by atoms with Crippen LogP contribution in [-0.4, -0.2) is 4.98 Å². The lowest BCUT2D eigenvalue weighted by Crippen LogP contribution is -2.10. The fraction of sp³-hybridized carbons (Fsp3) is 0.222. The summed E-state index contributed by atoms with van der Waals surface area (Å²) >= 11 is 3.29. The average Bonchev–Trinajstić information content (AvgIpc) is 2.06. The highest BCUT2D eigenvalue weighted by atomic mass is 79.9. The van der Waals surface area contributed by atoms with Gasteiger partial charge in [0.05, 0.1) is 11.7 Å². The lowest BCUT2D eigenvalue weighted by atomic mass is 10.1. The second kappa shape index (κ2) is 4.24. The summed E-state index contributed by atoms with van der Waals surface area (Å²) in [5, 5.41) is 0. The monoisotopic (exact) mass is 224 g/mol. The van der Waals surface area contributed by atoms with E-state index in [-0.39, 0.29) is 6.04 Å². The zero-order valence-corrected chi connectivity index (χ0v) is 8.08. The van der Waals surface area contributed by atoms with Gasteiger partial charge in [0.2, 0.25) is 0 Å². The van der Waals surface area contributed by atoms with Crippen molar-refractivity contribution in [1.29, 1.82) is 0 Å². The molecule has 2 nitrogen and oxygen atoms in total. The second-order valence-corrected chi connectivity index (χ2v) is 3.33. The molecular formula is C9H9BrN2. The molecule has 1 unspecified atom stereocenters. The molecule has 1 atom stereocenters. The summed E-state index contributed by atoms with van der Waals surface area (Å²) < 4.78 is 0.944. The van der Waals surface area contributed by atoms with Crippen LogP contribution in [0.2, 0.25) is 0 Å².